The molecule has 0 N–H and O–H groups in total. The van der Waals surface area contributed by atoms with Crippen LogP contribution in [0.15, 0.2) is 46.9 Å². The van der Waals surface area contributed by atoms with Crippen LogP contribution in [-0.2, 0) is 13.1 Å². The summed E-state index contributed by atoms with van der Waals surface area (Å²) in [6.45, 7) is 2.13. The smallest absolute Gasteiger partial charge is 0.113 e. The van der Waals surface area contributed by atoms with E-state index >= 15 is 0 Å². The molecule has 0 aliphatic heterocycles. The van der Waals surface area contributed by atoms with Gasteiger partial charge in [-0.25, -0.2) is 0 Å². The third kappa shape index (κ3) is 5.07. The molecule has 142 valence electrons. The summed E-state index contributed by atoms with van der Waals surface area (Å²) in [5, 5.41) is 23.7. The Hall–Kier alpha value is -3.88. The van der Waals surface area contributed by atoms with Gasteiger partial charge in [-0.2, -0.15) is 0 Å². The van der Waals surface area contributed by atoms with Crippen LogP contribution in [0.4, 0.5) is 0 Å². The Labute approximate surface area is 160 Å². The van der Waals surface area contributed by atoms with Gasteiger partial charge in [0.1, 0.15) is 11.4 Å². The SMILES string of the molecule is [N-]=[N+]=NCCCn1cc(-c2cccc(-c3cn(CCCN=[N+]=[N-])nn3)c2)nn1. The van der Waals surface area contributed by atoms with Gasteiger partial charge in [-0.1, -0.05) is 38.9 Å². The highest BCUT2D eigenvalue weighted by molar-refractivity contribution is 5.68. The molecule has 1 aromatic carbocycles. The molecule has 0 atom stereocenters. The van der Waals surface area contributed by atoms with Crippen LogP contribution in [0.5, 0.6) is 0 Å². The first-order chi connectivity index (χ1) is 13.8. The summed E-state index contributed by atoms with van der Waals surface area (Å²) in [5.41, 5.74) is 20.0. The van der Waals surface area contributed by atoms with Gasteiger partial charge in [-0.15, -0.1) is 10.2 Å². The Morgan fingerprint density at radius 2 is 1.32 bits per heavy atom. The van der Waals surface area contributed by atoms with Gasteiger partial charge in [0.15, 0.2) is 0 Å². The number of benzene rings is 1. The lowest BCUT2D eigenvalue weighted by Crippen LogP contribution is -1.99. The first-order valence-corrected chi connectivity index (χ1v) is 8.73. The first-order valence-electron chi connectivity index (χ1n) is 8.73. The first kappa shape index (κ1) is 18.9. The van der Waals surface area contributed by atoms with Gasteiger partial charge in [-0.3, -0.25) is 9.36 Å². The Morgan fingerprint density at radius 1 is 0.821 bits per heavy atom. The average Bonchev–Trinajstić information content (AvgIpc) is 3.39. The second-order valence-corrected chi connectivity index (χ2v) is 5.93. The molecule has 0 amide bonds. The van der Waals surface area contributed by atoms with Crippen molar-refractivity contribution in [3.8, 4) is 22.5 Å². The second kappa shape index (κ2) is 9.72. The van der Waals surface area contributed by atoms with E-state index in [4.69, 9.17) is 11.1 Å². The minimum atomic E-state index is 0.430. The van der Waals surface area contributed by atoms with Crippen molar-refractivity contribution >= 4 is 0 Å². The molecule has 0 fully saturated rings. The fourth-order valence-electron chi connectivity index (χ4n) is 2.61. The maximum atomic E-state index is 8.30. The minimum Gasteiger partial charge on any atom is -0.252 e. The lowest BCUT2D eigenvalue weighted by atomic mass is 10.1. The molecule has 28 heavy (non-hydrogen) atoms. The molecule has 3 aromatic rings. The van der Waals surface area contributed by atoms with Gasteiger partial charge >= 0.3 is 0 Å². The standard InChI is InChI=1S/C16H18N12/c17-23-19-6-2-8-27-11-15(21-25-27)13-4-1-5-14(10-13)16-12-28(26-22-16)9-3-7-20-24-18/h1,4-5,10-12H,2-3,6-9H2. The molecule has 0 unspecified atom stereocenters. The van der Waals surface area contributed by atoms with Crippen molar-refractivity contribution in [2.75, 3.05) is 13.1 Å². The lowest BCUT2D eigenvalue weighted by molar-refractivity contribution is 0.563. The fourth-order valence-corrected chi connectivity index (χ4v) is 2.61. The molecule has 3 rings (SSSR count). The van der Waals surface area contributed by atoms with Gasteiger partial charge in [0.2, 0.25) is 0 Å². The van der Waals surface area contributed by atoms with E-state index in [9.17, 15) is 0 Å². The maximum absolute atomic E-state index is 8.30. The molecular weight excluding hydrogens is 360 g/mol. The van der Waals surface area contributed by atoms with Crippen LogP contribution >= 0.6 is 0 Å². The highest BCUT2D eigenvalue weighted by Crippen LogP contribution is 2.23. The molecule has 2 heterocycles. The molecule has 0 spiro atoms. The van der Waals surface area contributed by atoms with Crippen molar-refractivity contribution in [1.82, 2.24) is 30.0 Å². The second-order valence-electron chi connectivity index (χ2n) is 5.93. The van der Waals surface area contributed by atoms with E-state index in [0.29, 0.717) is 39.0 Å². The molecule has 0 saturated carbocycles. The Balaban J connectivity index is 1.67. The molecule has 0 aliphatic carbocycles. The van der Waals surface area contributed by atoms with Crippen molar-refractivity contribution in [2.45, 2.75) is 25.9 Å². The van der Waals surface area contributed by atoms with Gasteiger partial charge in [0.05, 0.1) is 12.4 Å². The predicted octanol–water partition coefficient (Wildman–Crippen LogP) is 3.60. The molecule has 12 nitrogen and oxygen atoms in total. The van der Waals surface area contributed by atoms with E-state index in [0.717, 1.165) is 22.5 Å². The van der Waals surface area contributed by atoms with Crippen molar-refractivity contribution in [2.24, 2.45) is 10.2 Å². The van der Waals surface area contributed by atoms with Crippen LogP contribution in [0, 0.1) is 0 Å². The average molecular weight is 378 g/mol. The zero-order valence-electron chi connectivity index (χ0n) is 15.1. The van der Waals surface area contributed by atoms with Crippen LogP contribution in [0.1, 0.15) is 12.8 Å². The monoisotopic (exact) mass is 378 g/mol. The van der Waals surface area contributed by atoms with Crippen molar-refractivity contribution in [3.05, 3.63) is 57.5 Å². The number of nitrogens with zero attached hydrogens (tertiary/aromatic N) is 12. The van der Waals surface area contributed by atoms with Crippen LogP contribution in [0.25, 0.3) is 43.4 Å². The Bertz CT molecular complexity index is 929. The van der Waals surface area contributed by atoms with E-state index in [-0.39, 0.29) is 0 Å². The number of azide groups is 2. The number of aryl methyl sites for hydroxylation is 2. The molecule has 0 aliphatic rings. The normalized spacial score (nSPS) is 10.3. The summed E-state index contributed by atoms with van der Waals surface area (Å²) in [7, 11) is 0. The van der Waals surface area contributed by atoms with E-state index in [1.54, 1.807) is 9.36 Å². The molecule has 0 saturated heterocycles. The number of hydrogen-bond donors (Lipinski definition) is 0. The number of hydrogen-bond acceptors (Lipinski definition) is 6. The number of rotatable bonds is 10. The summed E-state index contributed by atoms with van der Waals surface area (Å²) in [6, 6.07) is 7.85. The quantitative estimate of drug-likeness (QED) is 0.228. The van der Waals surface area contributed by atoms with E-state index in [1.165, 1.54) is 0 Å². The zero-order chi connectivity index (χ0) is 19.6. The highest BCUT2D eigenvalue weighted by atomic mass is 15.4. The topological polar surface area (TPSA) is 159 Å². The minimum absolute atomic E-state index is 0.430. The summed E-state index contributed by atoms with van der Waals surface area (Å²) < 4.78 is 3.46. The van der Waals surface area contributed by atoms with Crippen LogP contribution < -0.4 is 0 Å². The largest absolute Gasteiger partial charge is 0.252 e. The van der Waals surface area contributed by atoms with E-state index in [1.807, 2.05) is 36.7 Å². The van der Waals surface area contributed by atoms with Gasteiger partial charge < -0.3 is 0 Å². The summed E-state index contributed by atoms with van der Waals surface area (Å²) in [4.78, 5) is 5.47. The zero-order valence-corrected chi connectivity index (χ0v) is 15.1. The summed E-state index contributed by atoms with van der Waals surface area (Å²) in [6.07, 6.45) is 5.13. The van der Waals surface area contributed by atoms with Gasteiger partial charge in [0.25, 0.3) is 0 Å². The molecule has 2 aromatic heterocycles. The third-order valence-corrected chi connectivity index (χ3v) is 3.95. The summed E-state index contributed by atoms with van der Waals surface area (Å²) >= 11 is 0. The molecule has 0 radical (unpaired) electrons. The Kier molecular flexibility index (Phi) is 6.56. The van der Waals surface area contributed by atoms with E-state index in [2.05, 4.69) is 40.7 Å². The third-order valence-electron chi connectivity index (χ3n) is 3.95. The van der Waals surface area contributed by atoms with Gasteiger partial charge in [0, 0.05) is 47.1 Å². The van der Waals surface area contributed by atoms with Gasteiger partial charge in [-0.05, 0) is 30.0 Å². The highest BCUT2D eigenvalue weighted by Gasteiger charge is 2.08. The van der Waals surface area contributed by atoms with Crippen LogP contribution in [0.2, 0.25) is 0 Å². The predicted molar refractivity (Wildman–Crippen MR) is 102 cm³/mol. The fraction of sp³-hybridized carbons (Fsp3) is 0.375. The Morgan fingerprint density at radius 3 is 1.79 bits per heavy atom. The summed E-state index contributed by atoms with van der Waals surface area (Å²) in [5.74, 6) is 0. The lowest BCUT2D eigenvalue weighted by Gasteiger charge is -2.00. The van der Waals surface area contributed by atoms with Crippen LogP contribution in [-0.4, -0.2) is 43.1 Å². The van der Waals surface area contributed by atoms with Crippen molar-refractivity contribution < 1.29 is 0 Å². The molecule has 0 bridgehead atoms. The molecule has 12 heteroatoms. The van der Waals surface area contributed by atoms with Crippen molar-refractivity contribution in [1.29, 1.82) is 0 Å². The van der Waals surface area contributed by atoms with Crippen molar-refractivity contribution in [3.63, 3.8) is 0 Å². The maximum Gasteiger partial charge on any atom is 0.113 e. The van der Waals surface area contributed by atoms with E-state index < -0.39 is 0 Å². The number of aromatic nitrogens is 6. The van der Waals surface area contributed by atoms with Crippen LogP contribution in [0.3, 0.4) is 0 Å². The molecular formula is C16H18N12.